The molecule has 2 aliphatic heterocycles. The monoisotopic (exact) mass is 459 g/mol. The zero-order valence-corrected chi connectivity index (χ0v) is 16.9. The lowest BCUT2D eigenvalue weighted by molar-refractivity contribution is -0.140. The van der Waals surface area contributed by atoms with Gasteiger partial charge in [0.1, 0.15) is 11.7 Å². The Morgan fingerprint density at radius 2 is 2.04 bits per heavy atom. The molecular weight excluding hydrogens is 442 g/mol. The van der Waals surface area contributed by atoms with Gasteiger partial charge in [-0.3, -0.25) is 9.79 Å². The molecule has 1 N–H and O–H groups in total. The number of amides is 1. The van der Waals surface area contributed by atoms with E-state index in [1.165, 1.54) is 13.0 Å². The highest BCUT2D eigenvalue weighted by Gasteiger charge is 2.39. The molecular formula is C19H18BrF4N3O. The molecule has 0 spiro atoms. The Morgan fingerprint density at radius 3 is 2.68 bits per heavy atom. The maximum atomic E-state index is 14.4. The number of hydrogen-bond acceptors (Lipinski definition) is 3. The summed E-state index contributed by atoms with van der Waals surface area (Å²) in [6.45, 7) is 5.87. The van der Waals surface area contributed by atoms with Gasteiger partial charge in [-0.1, -0.05) is 12.1 Å². The summed E-state index contributed by atoms with van der Waals surface area (Å²) in [5, 5.41) is 2.58. The van der Waals surface area contributed by atoms with E-state index < -0.39 is 29.5 Å². The van der Waals surface area contributed by atoms with Crippen molar-refractivity contribution in [2.75, 3.05) is 6.54 Å². The van der Waals surface area contributed by atoms with Gasteiger partial charge in [-0.2, -0.15) is 13.2 Å². The maximum absolute atomic E-state index is 14.4. The van der Waals surface area contributed by atoms with Crippen LogP contribution in [-0.4, -0.2) is 28.7 Å². The average Bonchev–Trinajstić information content (AvgIpc) is 2.88. The SMILES string of the molecule is C[C@@H](NC(=O)C1=CC(Br)=CN2C1=NCC2(C)C)c1cccc(C(F)(F)F)c1F. The minimum absolute atomic E-state index is 0.236. The second-order valence-electron chi connectivity index (χ2n) is 7.30. The molecule has 0 saturated carbocycles. The summed E-state index contributed by atoms with van der Waals surface area (Å²) >= 11 is 3.36. The summed E-state index contributed by atoms with van der Waals surface area (Å²) in [7, 11) is 0. The number of amidine groups is 1. The zero-order chi connectivity index (χ0) is 20.9. The fourth-order valence-electron chi connectivity index (χ4n) is 3.14. The van der Waals surface area contributed by atoms with Gasteiger partial charge in [0.15, 0.2) is 0 Å². The molecule has 0 saturated heterocycles. The molecule has 0 aromatic heterocycles. The summed E-state index contributed by atoms with van der Waals surface area (Å²) in [4.78, 5) is 19.1. The van der Waals surface area contributed by atoms with Crippen LogP contribution in [0.15, 0.2) is 45.5 Å². The summed E-state index contributed by atoms with van der Waals surface area (Å²) in [5.41, 5.74) is -1.65. The van der Waals surface area contributed by atoms with Crippen molar-refractivity contribution in [1.82, 2.24) is 10.2 Å². The van der Waals surface area contributed by atoms with Crippen LogP contribution in [0.4, 0.5) is 17.6 Å². The molecule has 0 bridgehead atoms. The highest BCUT2D eigenvalue weighted by atomic mass is 79.9. The van der Waals surface area contributed by atoms with Gasteiger partial charge >= 0.3 is 6.18 Å². The number of nitrogens with zero attached hydrogens (tertiary/aromatic N) is 2. The van der Waals surface area contributed by atoms with E-state index in [9.17, 15) is 22.4 Å². The van der Waals surface area contributed by atoms with Crippen molar-refractivity contribution in [3.8, 4) is 0 Å². The van der Waals surface area contributed by atoms with Crippen LogP contribution in [0.3, 0.4) is 0 Å². The van der Waals surface area contributed by atoms with Crippen molar-refractivity contribution in [2.24, 2.45) is 4.99 Å². The van der Waals surface area contributed by atoms with E-state index in [-0.39, 0.29) is 16.7 Å². The van der Waals surface area contributed by atoms with Crippen molar-refractivity contribution in [3.63, 3.8) is 0 Å². The largest absolute Gasteiger partial charge is 0.419 e. The molecule has 2 aliphatic rings. The maximum Gasteiger partial charge on any atom is 0.419 e. The summed E-state index contributed by atoms with van der Waals surface area (Å²) in [6.07, 6.45) is -1.41. The van der Waals surface area contributed by atoms with Crippen LogP contribution in [0.1, 0.15) is 37.9 Å². The molecule has 28 heavy (non-hydrogen) atoms. The number of carbonyl (C=O) groups is 1. The van der Waals surface area contributed by atoms with Gasteiger partial charge in [-0.25, -0.2) is 4.39 Å². The second kappa shape index (κ2) is 7.02. The van der Waals surface area contributed by atoms with Gasteiger partial charge in [-0.15, -0.1) is 0 Å². The summed E-state index contributed by atoms with van der Waals surface area (Å²) < 4.78 is 53.8. The molecule has 0 unspecified atom stereocenters. The third-order valence-corrected chi connectivity index (χ3v) is 5.10. The molecule has 150 valence electrons. The summed E-state index contributed by atoms with van der Waals surface area (Å²) in [6, 6.07) is 2.05. The Morgan fingerprint density at radius 1 is 1.36 bits per heavy atom. The van der Waals surface area contributed by atoms with E-state index in [4.69, 9.17) is 0 Å². The van der Waals surface area contributed by atoms with Gasteiger partial charge in [0, 0.05) is 16.2 Å². The molecule has 2 heterocycles. The van der Waals surface area contributed by atoms with Crippen molar-refractivity contribution >= 4 is 27.7 Å². The third-order valence-electron chi connectivity index (χ3n) is 4.66. The Hall–Kier alpha value is -2.16. The minimum atomic E-state index is -4.81. The minimum Gasteiger partial charge on any atom is -0.345 e. The van der Waals surface area contributed by atoms with Gasteiger partial charge in [0.25, 0.3) is 5.91 Å². The molecule has 0 fully saturated rings. The first-order valence-electron chi connectivity index (χ1n) is 8.51. The van der Waals surface area contributed by atoms with Crippen LogP contribution in [0.5, 0.6) is 0 Å². The van der Waals surface area contributed by atoms with Crippen molar-refractivity contribution < 1.29 is 22.4 Å². The lowest BCUT2D eigenvalue weighted by Crippen LogP contribution is -2.45. The standard InChI is InChI=1S/C19H18BrF4N3O/c1-10(12-5-4-6-14(15(12)21)19(22,23)24)26-17(28)13-7-11(20)8-27-16(13)25-9-18(27,2)3/h4-8,10H,9H2,1-3H3,(H,26,28)/t10-/m1/s1. The normalized spacial score (nSPS) is 19.4. The zero-order valence-electron chi connectivity index (χ0n) is 15.4. The predicted molar refractivity (Wildman–Crippen MR) is 101 cm³/mol. The fourth-order valence-corrected chi connectivity index (χ4v) is 3.58. The Kier molecular flexibility index (Phi) is 5.16. The van der Waals surface area contributed by atoms with E-state index in [2.05, 4.69) is 26.2 Å². The third kappa shape index (κ3) is 3.72. The van der Waals surface area contributed by atoms with E-state index in [1.807, 2.05) is 24.9 Å². The van der Waals surface area contributed by atoms with Gasteiger partial charge in [0.05, 0.1) is 29.3 Å². The van der Waals surface area contributed by atoms with Crippen LogP contribution in [0.25, 0.3) is 0 Å². The fraction of sp³-hybridized carbons (Fsp3) is 0.368. The second-order valence-corrected chi connectivity index (χ2v) is 8.21. The van der Waals surface area contributed by atoms with E-state index in [0.717, 1.165) is 6.07 Å². The Labute approximate surface area is 168 Å². The topological polar surface area (TPSA) is 44.7 Å². The lowest BCUT2D eigenvalue weighted by Gasteiger charge is -2.33. The number of nitrogens with one attached hydrogen (secondary N) is 1. The molecule has 1 atom stereocenters. The number of alkyl halides is 3. The Bertz CT molecular complexity index is 918. The highest BCUT2D eigenvalue weighted by Crippen LogP contribution is 2.35. The van der Waals surface area contributed by atoms with Gasteiger partial charge in [-0.05, 0) is 48.8 Å². The average molecular weight is 460 g/mol. The number of benzene rings is 1. The van der Waals surface area contributed by atoms with Crippen molar-refractivity contribution in [2.45, 2.75) is 38.5 Å². The van der Waals surface area contributed by atoms with Gasteiger partial charge < -0.3 is 10.2 Å². The lowest BCUT2D eigenvalue weighted by atomic mass is 10.0. The quantitative estimate of drug-likeness (QED) is 0.666. The molecule has 0 aliphatic carbocycles. The smallest absolute Gasteiger partial charge is 0.345 e. The number of aliphatic imine (C=N–C) groups is 1. The molecule has 9 heteroatoms. The number of rotatable bonds is 3. The number of hydrogen-bond donors (Lipinski definition) is 1. The van der Waals surface area contributed by atoms with Crippen molar-refractivity contribution in [1.29, 1.82) is 0 Å². The molecule has 3 rings (SSSR count). The van der Waals surface area contributed by atoms with Gasteiger partial charge in [0.2, 0.25) is 0 Å². The van der Waals surface area contributed by atoms with Crippen LogP contribution < -0.4 is 5.32 Å². The molecule has 4 nitrogen and oxygen atoms in total. The van der Waals surface area contributed by atoms with Crippen LogP contribution in [0.2, 0.25) is 0 Å². The van der Waals surface area contributed by atoms with Crippen molar-refractivity contribution in [3.05, 3.63) is 57.5 Å². The molecule has 1 aromatic rings. The first-order chi connectivity index (χ1) is 12.9. The van der Waals surface area contributed by atoms with Crippen LogP contribution in [-0.2, 0) is 11.0 Å². The molecule has 1 amide bonds. The van der Waals surface area contributed by atoms with E-state index in [0.29, 0.717) is 22.9 Å². The highest BCUT2D eigenvalue weighted by molar-refractivity contribution is 9.11. The summed E-state index contributed by atoms with van der Waals surface area (Å²) in [5.74, 6) is -1.46. The van der Waals surface area contributed by atoms with E-state index >= 15 is 0 Å². The number of halogens is 5. The van der Waals surface area contributed by atoms with Crippen LogP contribution in [0, 0.1) is 5.82 Å². The van der Waals surface area contributed by atoms with Crippen LogP contribution >= 0.6 is 15.9 Å². The number of carbonyl (C=O) groups excluding carboxylic acids is 1. The molecule has 1 aromatic carbocycles. The first-order valence-corrected chi connectivity index (χ1v) is 9.31. The molecule has 0 radical (unpaired) electrons. The number of allylic oxidation sites excluding steroid dienone is 2. The number of fused-ring (bicyclic) bond motifs is 1. The van der Waals surface area contributed by atoms with E-state index in [1.54, 1.807) is 6.08 Å². The Balaban J connectivity index is 1.85. The predicted octanol–water partition coefficient (Wildman–Crippen LogP) is 4.69. The first kappa shape index (κ1) is 20.6.